The molecule has 1 aliphatic heterocycles. The maximum absolute atomic E-state index is 11.8. The number of hydrogen-bond acceptors (Lipinski definition) is 7. The Balaban J connectivity index is 1.55. The molecule has 0 saturated heterocycles. The first kappa shape index (κ1) is 24.5. The van der Waals surface area contributed by atoms with Crippen LogP contribution in [0.2, 0.25) is 0 Å². The summed E-state index contributed by atoms with van der Waals surface area (Å²) < 4.78 is 23.5. The molecule has 0 unspecified atom stereocenters. The zero-order valence-corrected chi connectivity index (χ0v) is 21.9. The minimum absolute atomic E-state index is 0.0533. The molecule has 1 saturated carbocycles. The second kappa shape index (κ2) is 9.15. The van der Waals surface area contributed by atoms with Crippen LogP contribution in [0.5, 0.6) is 28.7 Å². The average Bonchev–Trinajstić information content (AvgIpc) is 3.51. The quantitative estimate of drug-likeness (QED) is 0.406. The number of rotatable bonds is 5. The highest BCUT2D eigenvalue weighted by Gasteiger charge is 2.48. The Morgan fingerprint density at radius 3 is 2.50 bits per heavy atom. The predicted octanol–water partition coefficient (Wildman–Crippen LogP) is 5.93. The van der Waals surface area contributed by atoms with E-state index in [4.69, 9.17) is 18.9 Å². The van der Waals surface area contributed by atoms with Gasteiger partial charge in [-0.15, -0.1) is 0 Å². The third kappa shape index (κ3) is 3.75. The number of carbonyl (C=O) groups excluding carboxylic acids is 1. The molecule has 2 N–H and O–H groups in total. The van der Waals surface area contributed by atoms with Crippen LogP contribution in [-0.4, -0.2) is 37.0 Å². The van der Waals surface area contributed by atoms with E-state index >= 15 is 0 Å². The molecule has 3 aromatic carbocycles. The topological polar surface area (TPSA) is 94.5 Å². The molecule has 1 spiro atoms. The molecule has 0 aromatic heterocycles. The lowest BCUT2D eigenvalue weighted by molar-refractivity contribution is -0.141. The fourth-order valence-electron chi connectivity index (χ4n) is 6.88. The van der Waals surface area contributed by atoms with Crippen molar-refractivity contribution in [3.63, 3.8) is 0 Å². The van der Waals surface area contributed by atoms with Crippen molar-refractivity contribution in [1.82, 2.24) is 0 Å². The van der Waals surface area contributed by atoms with Crippen molar-refractivity contribution >= 4 is 5.97 Å². The summed E-state index contributed by atoms with van der Waals surface area (Å²) in [6.45, 7) is 1.59. The first-order valence-electron chi connectivity index (χ1n) is 13.1. The Morgan fingerprint density at radius 1 is 1.03 bits per heavy atom. The van der Waals surface area contributed by atoms with Gasteiger partial charge in [-0.3, -0.25) is 4.79 Å². The van der Waals surface area contributed by atoms with Gasteiger partial charge in [0, 0.05) is 35.1 Å². The van der Waals surface area contributed by atoms with E-state index in [1.54, 1.807) is 25.3 Å². The molecule has 38 heavy (non-hydrogen) atoms. The first-order valence-corrected chi connectivity index (χ1v) is 13.1. The largest absolute Gasteiger partial charge is 0.508 e. The van der Waals surface area contributed by atoms with Crippen molar-refractivity contribution in [3.05, 3.63) is 64.7 Å². The monoisotopic (exact) mass is 516 g/mol. The summed E-state index contributed by atoms with van der Waals surface area (Å²) in [4.78, 5) is 11.8. The predicted molar refractivity (Wildman–Crippen MR) is 141 cm³/mol. The molecule has 7 nitrogen and oxygen atoms in total. The van der Waals surface area contributed by atoms with Gasteiger partial charge >= 0.3 is 5.97 Å². The maximum Gasteiger partial charge on any atom is 0.302 e. The molecule has 7 heteroatoms. The molecule has 198 valence electrons. The van der Waals surface area contributed by atoms with Gasteiger partial charge in [-0.1, -0.05) is 31.0 Å². The number of fused-ring (bicyclic) bond motifs is 6. The molecule has 0 radical (unpaired) electrons. The highest BCUT2D eigenvalue weighted by molar-refractivity contribution is 5.84. The summed E-state index contributed by atoms with van der Waals surface area (Å²) in [5.74, 6) is 1.54. The highest BCUT2D eigenvalue weighted by Crippen LogP contribution is 2.61. The van der Waals surface area contributed by atoms with Crippen molar-refractivity contribution in [2.24, 2.45) is 0 Å². The van der Waals surface area contributed by atoms with Crippen molar-refractivity contribution in [3.8, 4) is 39.9 Å². The average molecular weight is 517 g/mol. The first-order chi connectivity index (χ1) is 18.3. The van der Waals surface area contributed by atoms with Crippen LogP contribution in [0, 0.1) is 0 Å². The Kier molecular flexibility index (Phi) is 5.89. The number of aromatic hydroxyl groups is 2. The third-order valence-electron chi connectivity index (χ3n) is 8.47. The molecule has 3 aliphatic rings. The number of esters is 1. The number of phenols is 2. The van der Waals surface area contributed by atoms with Crippen LogP contribution >= 0.6 is 0 Å². The highest BCUT2D eigenvalue weighted by atomic mass is 16.5. The van der Waals surface area contributed by atoms with E-state index in [2.05, 4.69) is 12.1 Å². The summed E-state index contributed by atoms with van der Waals surface area (Å²) in [5, 5.41) is 20.6. The number of ether oxygens (including phenoxy) is 4. The van der Waals surface area contributed by atoms with Gasteiger partial charge in [-0.05, 0) is 54.2 Å². The number of phenolic OH excluding ortho intramolecular Hbond substituents is 2. The molecule has 0 bridgehead atoms. The van der Waals surface area contributed by atoms with Crippen LogP contribution in [0.15, 0.2) is 42.5 Å². The number of methoxy groups -OCH3 is 2. The third-order valence-corrected chi connectivity index (χ3v) is 8.47. The van der Waals surface area contributed by atoms with E-state index in [-0.39, 0.29) is 35.4 Å². The van der Waals surface area contributed by atoms with Crippen LogP contribution in [0.3, 0.4) is 0 Å². The second-order valence-corrected chi connectivity index (χ2v) is 10.6. The van der Waals surface area contributed by atoms with Crippen molar-refractivity contribution in [2.75, 3.05) is 20.8 Å². The lowest BCUT2D eigenvalue weighted by Gasteiger charge is -2.39. The molecule has 1 heterocycles. The summed E-state index contributed by atoms with van der Waals surface area (Å²) in [6.07, 6.45) is 4.69. The standard InChI is InChI=1S/C31H32O7/c1-17(32)37-16-23-21-7-8-22-27-19(12-20(33)14-26(27)36-3)15-31(10-4-5-11-31)28(22)30(21)38-29(23)18-6-9-24(34)25(13-18)35-2/h6-9,12-14,23,29,33-34H,4-5,10-11,15-16H2,1-3H3/t23-,29-/m1/s1. The molecule has 2 aliphatic carbocycles. The Morgan fingerprint density at radius 2 is 1.79 bits per heavy atom. The van der Waals surface area contributed by atoms with Gasteiger partial charge in [0.05, 0.1) is 20.1 Å². The fourth-order valence-corrected chi connectivity index (χ4v) is 6.88. The normalized spacial score (nSPS) is 20.3. The van der Waals surface area contributed by atoms with Gasteiger partial charge < -0.3 is 29.2 Å². The van der Waals surface area contributed by atoms with E-state index in [1.807, 2.05) is 12.1 Å². The molecule has 2 atom stereocenters. The molecule has 3 aromatic rings. The molecule has 6 rings (SSSR count). The van der Waals surface area contributed by atoms with Crippen LogP contribution in [0.1, 0.15) is 66.9 Å². The fraction of sp³-hybridized carbons (Fsp3) is 0.387. The number of carbonyl (C=O) groups is 1. The Bertz CT molecular complexity index is 1420. The minimum Gasteiger partial charge on any atom is -0.508 e. The summed E-state index contributed by atoms with van der Waals surface area (Å²) in [6, 6.07) is 13.0. The van der Waals surface area contributed by atoms with Crippen molar-refractivity contribution in [2.45, 2.75) is 56.5 Å². The lowest BCUT2D eigenvalue weighted by Crippen LogP contribution is -2.30. The maximum atomic E-state index is 11.8. The SMILES string of the molecule is COc1cc([C@H]2Oc3c(ccc4c3C3(CCCC3)Cc3cc(O)cc(OC)c3-4)[C@H]2COC(C)=O)ccc1O. The van der Waals surface area contributed by atoms with Crippen LogP contribution < -0.4 is 14.2 Å². The molecule has 0 amide bonds. The molecule has 1 fully saturated rings. The van der Waals surface area contributed by atoms with E-state index in [1.165, 1.54) is 19.6 Å². The summed E-state index contributed by atoms with van der Waals surface area (Å²) in [5.41, 5.74) is 6.07. The van der Waals surface area contributed by atoms with Gasteiger partial charge in [0.2, 0.25) is 0 Å². The van der Waals surface area contributed by atoms with Gasteiger partial charge in [0.15, 0.2) is 11.5 Å². The number of benzene rings is 3. The minimum atomic E-state index is -0.424. The smallest absolute Gasteiger partial charge is 0.302 e. The van der Waals surface area contributed by atoms with E-state index in [0.29, 0.717) is 11.5 Å². The molecular weight excluding hydrogens is 484 g/mol. The summed E-state index contributed by atoms with van der Waals surface area (Å²) in [7, 11) is 3.14. The van der Waals surface area contributed by atoms with Crippen molar-refractivity contribution in [1.29, 1.82) is 0 Å². The van der Waals surface area contributed by atoms with Crippen LogP contribution in [-0.2, 0) is 21.4 Å². The zero-order chi connectivity index (χ0) is 26.6. The van der Waals surface area contributed by atoms with E-state index in [9.17, 15) is 15.0 Å². The Labute approximate surface area is 221 Å². The van der Waals surface area contributed by atoms with Crippen molar-refractivity contribution < 1.29 is 34.0 Å². The van der Waals surface area contributed by atoms with Crippen LogP contribution in [0.25, 0.3) is 11.1 Å². The van der Waals surface area contributed by atoms with Gasteiger partial charge in [0.1, 0.15) is 30.0 Å². The Hall–Kier alpha value is -3.87. The lowest BCUT2D eigenvalue weighted by atomic mass is 9.65. The van der Waals surface area contributed by atoms with Gasteiger partial charge in [-0.25, -0.2) is 0 Å². The zero-order valence-electron chi connectivity index (χ0n) is 21.9. The van der Waals surface area contributed by atoms with Gasteiger partial charge in [-0.2, -0.15) is 0 Å². The van der Waals surface area contributed by atoms with Crippen LogP contribution in [0.4, 0.5) is 0 Å². The second-order valence-electron chi connectivity index (χ2n) is 10.6. The summed E-state index contributed by atoms with van der Waals surface area (Å²) >= 11 is 0. The molecular formula is C31H32O7. The number of hydrogen-bond donors (Lipinski definition) is 2. The van der Waals surface area contributed by atoms with Gasteiger partial charge in [0.25, 0.3) is 0 Å². The van der Waals surface area contributed by atoms with E-state index in [0.717, 1.165) is 65.7 Å². The van der Waals surface area contributed by atoms with E-state index < -0.39 is 6.10 Å².